The molecule has 9 heteroatoms. The van der Waals surface area contributed by atoms with E-state index in [1.165, 1.54) is 23.2 Å². The molecule has 0 bridgehead atoms. The number of nitrogens with zero attached hydrogens (tertiary/aromatic N) is 3. The Morgan fingerprint density at radius 3 is 2.67 bits per heavy atom. The van der Waals surface area contributed by atoms with Crippen molar-refractivity contribution in [2.24, 2.45) is 0 Å². The molecule has 0 radical (unpaired) electrons. The highest BCUT2D eigenvalue weighted by molar-refractivity contribution is 7.22. The summed E-state index contributed by atoms with van der Waals surface area (Å²) in [5.74, 6) is -2.60. The number of carbonyl (C=O) groups excluding carboxylic acids is 2. The van der Waals surface area contributed by atoms with Crippen molar-refractivity contribution in [2.45, 2.75) is 6.04 Å². The molecule has 3 aromatic carbocycles. The molecule has 6 nitrogen and oxygen atoms in total. The number of thiazole rings is 1. The van der Waals surface area contributed by atoms with Gasteiger partial charge in [0.05, 0.1) is 26.9 Å². The number of benzene rings is 3. The zero-order chi connectivity index (χ0) is 25.0. The van der Waals surface area contributed by atoms with Crippen molar-refractivity contribution in [1.82, 2.24) is 9.97 Å². The van der Waals surface area contributed by atoms with Gasteiger partial charge in [-0.2, -0.15) is 0 Å². The van der Waals surface area contributed by atoms with Crippen LogP contribution in [-0.2, 0) is 9.59 Å². The molecule has 1 aliphatic rings. The quantitative estimate of drug-likeness (QED) is 0.174. The van der Waals surface area contributed by atoms with E-state index in [1.807, 2.05) is 30.3 Å². The van der Waals surface area contributed by atoms with Crippen molar-refractivity contribution < 1.29 is 19.1 Å². The third kappa shape index (κ3) is 3.45. The minimum absolute atomic E-state index is 0.0761. The van der Waals surface area contributed by atoms with Crippen LogP contribution in [0.5, 0.6) is 0 Å². The van der Waals surface area contributed by atoms with Gasteiger partial charge in [-0.1, -0.05) is 71.5 Å². The highest BCUT2D eigenvalue weighted by Crippen LogP contribution is 2.45. The van der Waals surface area contributed by atoms with E-state index < -0.39 is 23.5 Å². The Labute approximate surface area is 212 Å². The first-order valence-corrected chi connectivity index (χ1v) is 12.1. The number of Topliss-reactive ketones (excluding diaryl/α,β-unsaturated/α-hetero) is 1. The average Bonchev–Trinajstić information content (AvgIpc) is 3.41. The molecule has 36 heavy (non-hydrogen) atoms. The van der Waals surface area contributed by atoms with Gasteiger partial charge in [0.15, 0.2) is 5.13 Å². The Hall–Kier alpha value is -4.14. The van der Waals surface area contributed by atoms with Gasteiger partial charge in [0, 0.05) is 18.0 Å². The Bertz CT molecular complexity index is 1690. The van der Waals surface area contributed by atoms with E-state index in [-0.39, 0.29) is 21.5 Å². The molecule has 2 aromatic heterocycles. The molecule has 176 valence electrons. The topological polar surface area (TPSA) is 83.4 Å². The van der Waals surface area contributed by atoms with Gasteiger partial charge in [0.1, 0.15) is 11.6 Å². The molecule has 5 aromatic rings. The van der Waals surface area contributed by atoms with E-state index in [0.717, 1.165) is 22.1 Å². The largest absolute Gasteiger partial charge is 0.507 e. The normalized spacial score (nSPS) is 17.4. The molecule has 1 atom stereocenters. The molecule has 0 spiro atoms. The van der Waals surface area contributed by atoms with Gasteiger partial charge in [0.25, 0.3) is 5.78 Å². The molecule has 1 fully saturated rings. The van der Waals surface area contributed by atoms with Crippen LogP contribution < -0.4 is 4.90 Å². The summed E-state index contributed by atoms with van der Waals surface area (Å²) in [4.78, 5) is 36.7. The number of ketones is 1. The molecule has 1 unspecified atom stereocenters. The molecule has 1 N–H and O–H groups in total. The molecular weight excluding hydrogens is 501 g/mol. The van der Waals surface area contributed by atoms with Crippen LogP contribution in [0.4, 0.5) is 9.52 Å². The number of rotatable bonds is 3. The minimum atomic E-state index is -0.987. The minimum Gasteiger partial charge on any atom is -0.507 e. The van der Waals surface area contributed by atoms with Crippen LogP contribution in [0.3, 0.4) is 0 Å². The van der Waals surface area contributed by atoms with Crippen LogP contribution in [0.1, 0.15) is 17.2 Å². The van der Waals surface area contributed by atoms with Gasteiger partial charge < -0.3 is 5.11 Å². The first-order chi connectivity index (χ1) is 17.4. The number of carbonyl (C=O) groups is 2. The second-order valence-corrected chi connectivity index (χ2v) is 9.63. The molecule has 3 heterocycles. The zero-order valence-electron chi connectivity index (χ0n) is 18.4. The molecular formula is C27H15ClFN3O3S. The van der Waals surface area contributed by atoms with Gasteiger partial charge in [-0.3, -0.25) is 19.5 Å². The molecule has 6 rings (SSSR count). The first kappa shape index (κ1) is 22.3. The number of hydrogen-bond donors (Lipinski definition) is 1. The van der Waals surface area contributed by atoms with Crippen molar-refractivity contribution in [3.05, 3.63) is 107 Å². The van der Waals surface area contributed by atoms with E-state index in [9.17, 15) is 19.1 Å². The lowest BCUT2D eigenvalue weighted by Gasteiger charge is -2.22. The van der Waals surface area contributed by atoms with Crippen molar-refractivity contribution in [3.8, 4) is 0 Å². The number of hydrogen-bond acceptors (Lipinski definition) is 6. The fourth-order valence-electron chi connectivity index (χ4n) is 4.47. The highest BCUT2D eigenvalue weighted by Gasteiger charge is 2.48. The molecule has 1 amide bonds. The molecule has 0 saturated carbocycles. The average molecular weight is 516 g/mol. The highest BCUT2D eigenvalue weighted by atomic mass is 35.5. The maximum atomic E-state index is 14.1. The SMILES string of the molecule is O=C1C(=O)N(c2nc3cc(Cl)c(F)cc3s2)C(c2cccnc2)/C1=C(\O)c1cccc2ccccc12. The summed E-state index contributed by atoms with van der Waals surface area (Å²) in [7, 11) is 0. The number of anilines is 1. The maximum Gasteiger partial charge on any atom is 0.301 e. The van der Waals surface area contributed by atoms with Crippen molar-refractivity contribution >= 4 is 66.5 Å². The lowest BCUT2D eigenvalue weighted by atomic mass is 9.94. The third-order valence-corrected chi connectivity index (χ3v) is 7.42. The number of fused-ring (bicyclic) bond motifs is 2. The van der Waals surface area contributed by atoms with Crippen molar-refractivity contribution in [1.29, 1.82) is 0 Å². The van der Waals surface area contributed by atoms with Gasteiger partial charge in [-0.25, -0.2) is 9.37 Å². The van der Waals surface area contributed by atoms with Crippen LogP contribution in [0.25, 0.3) is 26.7 Å². The van der Waals surface area contributed by atoms with Gasteiger partial charge in [0.2, 0.25) is 0 Å². The van der Waals surface area contributed by atoms with Gasteiger partial charge in [-0.05, 0) is 34.5 Å². The van der Waals surface area contributed by atoms with Crippen molar-refractivity contribution in [2.75, 3.05) is 4.90 Å². The van der Waals surface area contributed by atoms with Crippen LogP contribution in [0.2, 0.25) is 5.02 Å². The van der Waals surface area contributed by atoms with Crippen LogP contribution in [-0.4, -0.2) is 26.8 Å². The van der Waals surface area contributed by atoms with E-state index in [2.05, 4.69) is 9.97 Å². The molecule has 0 aliphatic carbocycles. The third-order valence-electron chi connectivity index (χ3n) is 6.11. The second-order valence-electron chi connectivity index (χ2n) is 8.21. The zero-order valence-corrected chi connectivity index (χ0v) is 19.9. The van der Waals surface area contributed by atoms with E-state index >= 15 is 0 Å². The summed E-state index contributed by atoms with van der Waals surface area (Å²) < 4.78 is 14.5. The number of amides is 1. The summed E-state index contributed by atoms with van der Waals surface area (Å²) in [6.45, 7) is 0. The smallest absolute Gasteiger partial charge is 0.301 e. The Morgan fingerprint density at radius 1 is 1.06 bits per heavy atom. The fraction of sp³-hybridized carbons (Fsp3) is 0.0370. The standard InChI is InChI=1S/C27H15ClFN3O3S/c28-18-11-20-21(12-19(18)29)36-27(31-20)32-23(15-7-4-10-30-13-15)22(25(34)26(32)35)24(33)17-9-3-6-14-5-1-2-8-16(14)17/h1-13,23,33H/b24-22+. The Balaban J connectivity index is 1.60. The fourth-order valence-corrected chi connectivity index (χ4v) is 5.63. The second kappa shape index (κ2) is 8.51. The summed E-state index contributed by atoms with van der Waals surface area (Å²) >= 11 is 6.97. The predicted octanol–water partition coefficient (Wildman–Crippen LogP) is 6.26. The number of halogens is 2. The van der Waals surface area contributed by atoms with E-state index in [4.69, 9.17) is 11.6 Å². The lowest BCUT2D eigenvalue weighted by Crippen LogP contribution is -2.29. The number of aliphatic hydroxyl groups excluding tert-OH is 1. The monoisotopic (exact) mass is 515 g/mol. The number of aromatic nitrogens is 2. The lowest BCUT2D eigenvalue weighted by molar-refractivity contribution is -0.132. The van der Waals surface area contributed by atoms with Gasteiger partial charge >= 0.3 is 5.91 Å². The summed E-state index contributed by atoms with van der Waals surface area (Å²) in [6.07, 6.45) is 3.10. The van der Waals surface area contributed by atoms with Crippen LogP contribution >= 0.6 is 22.9 Å². The number of pyridine rings is 1. The molecule has 1 aliphatic heterocycles. The van der Waals surface area contributed by atoms with Gasteiger partial charge in [-0.15, -0.1) is 0 Å². The van der Waals surface area contributed by atoms with E-state index in [1.54, 1.807) is 30.5 Å². The summed E-state index contributed by atoms with van der Waals surface area (Å²) in [5, 5.41) is 13.2. The number of aliphatic hydroxyl groups is 1. The predicted molar refractivity (Wildman–Crippen MR) is 138 cm³/mol. The maximum absolute atomic E-state index is 14.1. The molecule has 1 saturated heterocycles. The van der Waals surface area contributed by atoms with Crippen molar-refractivity contribution in [3.63, 3.8) is 0 Å². The summed E-state index contributed by atoms with van der Waals surface area (Å²) in [5.41, 5.74) is 1.26. The first-order valence-electron chi connectivity index (χ1n) is 10.9. The Morgan fingerprint density at radius 2 is 1.86 bits per heavy atom. The van der Waals surface area contributed by atoms with E-state index in [0.29, 0.717) is 21.3 Å². The summed E-state index contributed by atoms with van der Waals surface area (Å²) in [6, 6.07) is 17.9. The Kier molecular flexibility index (Phi) is 5.28. The van der Waals surface area contributed by atoms with Crippen LogP contribution in [0.15, 0.2) is 84.7 Å². The van der Waals surface area contributed by atoms with Crippen LogP contribution in [0, 0.1) is 5.82 Å².